The number of hydrogen-bond donors (Lipinski definition) is 2. The van der Waals surface area contributed by atoms with Crippen molar-refractivity contribution in [3.63, 3.8) is 0 Å². The lowest BCUT2D eigenvalue weighted by Gasteiger charge is -2.37. The molecule has 8 nitrogen and oxygen atoms in total. The Kier molecular flexibility index (Phi) is 5.13. The molecule has 1 aliphatic heterocycles. The van der Waals surface area contributed by atoms with E-state index >= 15 is 0 Å². The molecule has 9 heteroatoms. The van der Waals surface area contributed by atoms with Gasteiger partial charge in [-0.2, -0.15) is 9.40 Å². The van der Waals surface area contributed by atoms with Crippen molar-refractivity contribution in [2.75, 3.05) is 18.4 Å². The summed E-state index contributed by atoms with van der Waals surface area (Å²) in [5.74, 6) is 1.10. The number of benzene rings is 1. The number of nitrogens with one attached hydrogen (secondary N) is 2. The van der Waals surface area contributed by atoms with Crippen LogP contribution in [0.5, 0.6) is 0 Å². The summed E-state index contributed by atoms with van der Waals surface area (Å²) in [6.45, 7) is 6.10. The second-order valence-electron chi connectivity index (χ2n) is 9.80. The van der Waals surface area contributed by atoms with Gasteiger partial charge in [-0.05, 0) is 67.3 Å². The van der Waals surface area contributed by atoms with E-state index in [0.29, 0.717) is 35.9 Å². The molecule has 2 N–H and O–H groups in total. The van der Waals surface area contributed by atoms with Gasteiger partial charge in [-0.15, -0.1) is 0 Å². The summed E-state index contributed by atoms with van der Waals surface area (Å²) in [4.78, 5) is 15.5. The molecule has 0 spiro atoms. The van der Waals surface area contributed by atoms with Crippen LogP contribution in [0.1, 0.15) is 39.5 Å². The van der Waals surface area contributed by atoms with E-state index in [2.05, 4.69) is 29.2 Å². The minimum absolute atomic E-state index is 0.0137. The van der Waals surface area contributed by atoms with Gasteiger partial charge in [-0.25, -0.2) is 8.42 Å². The van der Waals surface area contributed by atoms with E-state index in [9.17, 15) is 13.2 Å². The fourth-order valence-electron chi connectivity index (χ4n) is 4.48. The average molecular weight is 456 g/mol. The number of H-pyrrole nitrogens is 1. The SMILES string of the molecule is CC1(C)CCCN(S(=O)(=O)c2ccc(Nc3nn(CC4CC4)c4cc[nH]c(=O)c34)cc2)C1. The minimum Gasteiger partial charge on any atom is -0.338 e. The van der Waals surface area contributed by atoms with Crippen LogP contribution in [0.25, 0.3) is 10.9 Å². The van der Waals surface area contributed by atoms with Gasteiger partial charge in [-0.3, -0.25) is 9.48 Å². The number of piperidine rings is 1. The van der Waals surface area contributed by atoms with Crippen LogP contribution in [0, 0.1) is 11.3 Å². The van der Waals surface area contributed by atoms with Crippen molar-refractivity contribution in [1.82, 2.24) is 19.1 Å². The second kappa shape index (κ2) is 7.74. The van der Waals surface area contributed by atoms with E-state index in [-0.39, 0.29) is 15.9 Å². The molecule has 0 bridgehead atoms. The lowest BCUT2D eigenvalue weighted by Crippen LogP contribution is -2.43. The van der Waals surface area contributed by atoms with Gasteiger partial charge < -0.3 is 10.3 Å². The van der Waals surface area contributed by atoms with Crippen molar-refractivity contribution in [3.8, 4) is 0 Å². The molecule has 3 heterocycles. The third-order valence-electron chi connectivity index (χ3n) is 6.42. The van der Waals surface area contributed by atoms with Crippen molar-refractivity contribution in [1.29, 1.82) is 0 Å². The number of rotatable bonds is 6. The van der Waals surface area contributed by atoms with E-state index in [0.717, 1.165) is 24.9 Å². The summed E-state index contributed by atoms with van der Waals surface area (Å²) in [5.41, 5.74) is 1.28. The summed E-state index contributed by atoms with van der Waals surface area (Å²) in [6, 6.07) is 8.56. The Morgan fingerprint density at radius 2 is 1.94 bits per heavy atom. The number of aromatic nitrogens is 3. The topological polar surface area (TPSA) is 100 Å². The molecule has 2 aromatic heterocycles. The van der Waals surface area contributed by atoms with Crippen molar-refractivity contribution < 1.29 is 8.42 Å². The summed E-state index contributed by atoms with van der Waals surface area (Å²) >= 11 is 0. The quantitative estimate of drug-likeness (QED) is 0.590. The summed E-state index contributed by atoms with van der Waals surface area (Å²) in [6.07, 6.45) is 5.93. The summed E-state index contributed by atoms with van der Waals surface area (Å²) in [5, 5.41) is 8.37. The highest BCUT2D eigenvalue weighted by Gasteiger charge is 2.34. The third kappa shape index (κ3) is 4.06. The second-order valence-corrected chi connectivity index (χ2v) is 11.7. The number of nitrogens with zero attached hydrogens (tertiary/aromatic N) is 3. The minimum atomic E-state index is -3.54. The van der Waals surface area contributed by atoms with Crippen molar-refractivity contribution in [2.24, 2.45) is 11.3 Å². The van der Waals surface area contributed by atoms with Crippen LogP contribution in [0.2, 0.25) is 0 Å². The predicted octanol–water partition coefficient (Wildman–Crippen LogP) is 3.69. The maximum Gasteiger partial charge on any atom is 0.261 e. The van der Waals surface area contributed by atoms with Crippen molar-refractivity contribution >= 4 is 32.4 Å². The molecule has 2 aliphatic rings. The Labute approximate surface area is 187 Å². The van der Waals surface area contributed by atoms with Crippen LogP contribution in [-0.4, -0.2) is 40.6 Å². The van der Waals surface area contributed by atoms with Crippen LogP contribution >= 0.6 is 0 Å². The van der Waals surface area contributed by atoms with Gasteiger partial charge in [0.25, 0.3) is 5.56 Å². The monoisotopic (exact) mass is 455 g/mol. The van der Waals surface area contributed by atoms with E-state index in [4.69, 9.17) is 0 Å². The van der Waals surface area contributed by atoms with Gasteiger partial charge in [0, 0.05) is 31.5 Å². The molecule has 1 saturated carbocycles. The summed E-state index contributed by atoms with van der Waals surface area (Å²) < 4.78 is 29.7. The smallest absolute Gasteiger partial charge is 0.261 e. The van der Waals surface area contributed by atoms with E-state index in [1.807, 2.05) is 10.7 Å². The number of anilines is 2. The van der Waals surface area contributed by atoms with E-state index < -0.39 is 10.0 Å². The number of aromatic amines is 1. The third-order valence-corrected chi connectivity index (χ3v) is 8.28. The van der Waals surface area contributed by atoms with Crippen molar-refractivity contribution in [3.05, 3.63) is 46.9 Å². The zero-order valence-corrected chi connectivity index (χ0v) is 19.3. The molecular formula is C23H29N5O3S. The Hall–Kier alpha value is -2.65. The normalized spacial score (nSPS) is 19.3. The number of sulfonamides is 1. The fraction of sp³-hybridized carbons (Fsp3) is 0.478. The highest BCUT2D eigenvalue weighted by molar-refractivity contribution is 7.89. The van der Waals surface area contributed by atoms with Crippen LogP contribution < -0.4 is 10.9 Å². The first-order valence-electron chi connectivity index (χ1n) is 11.2. The largest absolute Gasteiger partial charge is 0.338 e. The molecule has 0 amide bonds. The number of hydrogen-bond acceptors (Lipinski definition) is 5. The van der Waals surface area contributed by atoms with E-state index in [1.165, 1.54) is 12.8 Å². The van der Waals surface area contributed by atoms with Crippen LogP contribution in [0.4, 0.5) is 11.5 Å². The fourth-order valence-corrected chi connectivity index (χ4v) is 6.15. The zero-order chi connectivity index (χ0) is 22.5. The molecule has 0 radical (unpaired) electrons. The molecule has 0 unspecified atom stereocenters. The van der Waals surface area contributed by atoms with Gasteiger partial charge in [0.05, 0.1) is 10.4 Å². The van der Waals surface area contributed by atoms with Gasteiger partial charge in [-0.1, -0.05) is 13.8 Å². The Morgan fingerprint density at radius 3 is 2.62 bits per heavy atom. The van der Waals surface area contributed by atoms with Crippen LogP contribution in [0.3, 0.4) is 0 Å². The first-order valence-corrected chi connectivity index (χ1v) is 12.6. The van der Waals surface area contributed by atoms with Gasteiger partial charge in [0.15, 0.2) is 5.82 Å². The Morgan fingerprint density at radius 1 is 1.19 bits per heavy atom. The highest BCUT2D eigenvalue weighted by atomic mass is 32.2. The number of fused-ring (bicyclic) bond motifs is 1. The predicted molar refractivity (Wildman–Crippen MR) is 125 cm³/mol. The summed E-state index contributed by atoms with van der Waals surface area (Å²) in [7, 11) is -3.54. The van der Waals surface area contributed by atoms with E-state index in [1.54, 1.807) is 34.8 Å². The van der Waals surface area contributed by atoms with Crippen LogP contribution in [0.15, 0.2) is 46.2 Å². The molecule has 1 aliphatic carbocycles. The Bertz CT molecular complexity index is 1300. The lowest BCUT2D eigenvalue weighted by molar-refractivity contribution is 0.187. The molecule has 0 atom stereocenters. The molecule has 32 heavy (non-hydrogen) atoms. The first-order chi connectivity index (χ1) is 15.2. The van der Waals surface area contributed by atoms with Crippen LogP contribution in [-0.2, 0) is 16.6 Å². The van der Waals surface area contributed by atoms with Gasteiger partial charge in [0.1, 0.15) is 5.39 Å². The molecule has 170 valence electrons. The van der Waals surface area contributed by atoms with Crippen molar-refractivity contribution in [2.45, 2.75) is 51.0 Å². The molecule has 5 rings (SSSR count). The number of pyridine rings is 1. The average Bonchev–Trinajstić information content (AvgIpc) is 3.49. The molecule has 1 saturated heterocycles. The molecule has 1 aromatic carbocycles. The molecule has 3 aromatic rings. The van der Waals surface area contributed by atoms with Gasteiger partial charge in [0.2, 0.25) is 10.0 Å². The zero-order valence-electron chi connectivity index (χ0n) is 18.5. The highest BCUT2D eigenvalue weighted by Crippen LogP contribution is 2.34. The standard InChI is InChI=1S/C23H29N5O3S/c1-23(2)11-3-13-27(15-23)32(30,31)18-8-6-17(7-9-18)25-21-20-19(10-12-24-22(20)29)28(26-21)14-16-4-5-16/h6-10,12,16H,3-5,11,13-15H2,1-2H3,(H,24,29)(H,25,26). The molecular weight excluding hydrogens is 426 g/mol. The first kappa shape index (κ1) is 21.2. The lowest BCUT2D eigenvalue weighted by atomic mass is 9.85. The Balaban J connectivity index is 1.41. The van der Waals surface area contributed by atoms with Gasteiger partial charge >= 0.3 is 0 Å². The maximum absolute atomic E-state index is 13.1. The molecule has 2 fully saturated rings. The maximum atomic E-state index is 13.1.